The third kappa shape index (κ3) is 6.49. The zero-order chi connectivity index (χ0) is 23.8. The number of amides is 2. The average Bonchev–Trinajstić information content (AvgIpc) is 2.84. The summed E-state index contributed by atoms with van der Waals surface area (Å²) in [5, 5.41) is 6.25. The maximum Gasteiger partial charge on any atom is 0.251 e. The first kappa shape index (κ1) is 24.1. The molecule has 0 unspecified atom stereocenters. The molecule has 0 saturated heterocycles. The monoisotopic (exact) mass is 459 g/mol. The fourth-order valence-electron chi connectivity index (χ4n) is 3.53. The first-order valence-electron chi connectivity index (χ1n) is 10.8. The van der Waals surface area contributed by atoms with E-state index in [-0.39, 0.29) is 11.8 Å². The molecule has 0 heterocycles. The van der Waals surface area contributed by atoms with Gasteiger partial charge in [0.2, 0.25) is 0 Å². The highest BCUT2D eigenvalue weighted by Gasteiger charge is 2.33. The molecule has 0 aliphatic rings. The predicted molar refractivity (Wildman–Crippen MR) is 138 cm³/mol. The van der Waals surface area contributed by atoms with E-state index in [9.17, 15) is 9.59 Å². The second-order valence-electron chi connectivity index (χ2n) is 8.40. The van der Waals surface area contributed by atoms with Gasteiger partial charge < -0.3 is 15.5 Å². The van der Waals surface area contributed by atoms with E-state index in [4.69, 9.17) is 12.2 Å². The van der Waals surface area contributed by atoms with Gasteiger partial charge in [0.25, 0.3) is 11.8 Å². The highest BCUT2D eigenvalue weighted by molar-refractivity contribution is 7.80. The Hall–Kier alpha value is -3.51. The zero-order valence-corrected chi connectivity index (χ0v) is 19.9. The number of likely N-dealkylation sites (N-methyl/N-ethyl adjacent to an activating group) is 1. The van der Waals surface area contributed by atoms with Crippen molar-refractivity contribution < 1.29 is 9.59 Å². The number of carbonyl (C=O) groups is 2. The summed E-state index contributed by atoms with van der Waals surface area (Å²) in [6.45, 7) is 3.58. The normalized spacial score (nSPS) is 11.8. The summed E-state index contributed by atoms with van der Waals surface area (Å²) in [7, 11) is 1.74. The lowest BCUT2D eigenvalue weighted by Crippen LogP contribution is -2.59. The predicted octanol–water partition coefficient (Wildman–Crippen LogP) is 4.39. The Kier molecular flexibility index (Phi) is 7.96. The van der Waals surface area contributed by atoms with Crippen LogP contribution in [0.4, 0.5) is 5.69 Å². The molecule has 170 valence electrons. The largest absolute Gasteiger partial charge is 0.364 e. The first-order chi connectivity index (χ1) is 15.8. The number of hydrogen-bond acceptors (Lipinski definition) is 3. The van der Waals surface area contributed by atoms with Gasteiger partial charge in [-0.25, -0.2) is 0 Å². The molecule has 0 aliphatic heterocycles. The zero-order valence-electron chi connectivity index (χ0n) is 19.1. The maximum atomic E-state index is 13.2. The highest BCUT2D eigenvalue weighted by Crippen LogP contribution is 2.17. The van der Waals surface area contributed by atoms with Crippen LogP contribution in [0.3, 0.4) is 0 Å². The molecule has 1 atom stereocenters. The summed E-state index contributed by atoms with van der Waals surface area (Å²) in [5.41, 5.74) is 1.40. The summed E-state index contributed by atoms with van der Waals surface area (Å²) >= 11 is 5.72. The van der Waals surface area contributed by atoms with E-state index >= 15 is 0 Å². The highest BCUT2D eigenvalue weighted by atomic mass is 32.1. The number of anilines is 1. The van der Waals surface area contributed by atoms with Crippen molar-refractivity contribution in [1.82, 2.24) is 10.6 Å². The minimum absolute atomic E-state index is 0.135. The van der Waals surface area contributed by atoms with E-state index in [0.29, 0.717) is 17.0 Å². The molecule has 0 saturated carbocycles. The van der Waals surface area contributed by atoms with Crippen LogP contribution in [-0.4, -0.2) is 35.4 Å². The number of carbonyl (C=O) groups excluding carboxylic acids is 2. The molecule has 2 amide bonds. The van der Waals surface area contributed by atoms with Crippen LogP contribution >= 0.6 is 12.2 Å². The molecule has 0 aliphatic carbocycles. The molecule has 3 aromatic carbocycles. The van der Waals surface area contributed by atoms with E-state index in [1.165, 1.54) is 0 Å². The second-order valence-corrected chi connectivity index (χ2v) is 8.84. The minimum atomic E-state index is -0.978. The Morgan fingerprint density at radius 2 is 1.39 bits per heavy atom. The van der Waals surface area contributed by atoms with Gasteiger partial charge in [-0.3, -0.25) is 9.59 Å². The van der Waals surface area contributed by atoms with Crippen molar-refractivity contribution in [1.29, 1.82) is 0 Å². The van der Waals surface area contributed by atoms with Crippen LogP contribution in [0.5, 0.6) is 0 Å². The molecule has 0 aromatic heterocycles. The van der Waals surface area contributed by atoms with Crippen molar-refractivity contribution in [2.24, 2.45) is 0 Å². The number of para-hydroxylation sites is 1. The molecule has 6 heteroatoms. The smallest absolute Gasteiger partial charge is 0.251 e. The molecular formula is C27H29N3O2S. The molecule has 3 aromatic rings. The number of nitrogens with zero attached hydrogens (tertiary/aromatic N) is 1. The van der Waals surface area contributed by atoms with Gasteiger partial charge in [-0.05, 0) is 50.1 Å². The Morgan fingerprint density at radius 3 is 1.97 bits per heavy atom. The molecule has 0 bridgehead atoms. The Balaban J connectivity index is 1.78. The fraction of sp³-hybridized carbons (Fsp3) is 0.222. The van der Waals surface area contributed by atoms with E-state index in [1.807, 2.05) is 78.9 Å². The number of benzene rings is 3. The Morgan fingerprint density at radius 1 is 0.879 bits per heavy atom. The quantitative estimate of drug-likeness (QED) is 0.491. The number of rotatable bonds is 8. The number of nitrogens with one attached hydrogen (secondary N) is 2. The summed E-state index contributed by atoms with van der Waals surface area (Å²) in [5.74, 6) is -0.352. The summed E-state index contributed by atoms with van der Waals surface area (Å²) in [6, 6.07) is 27.8. The van der Waals surface area contributed by atoms with Crippen LogP contribution in [0.2, 0.25) is 0 Å². The maximum absolute atomic E-state index is 13.2. The molecule has 33 heavy (non-hydrogen) atoms. The van der Waals surface area contributed by atoms with Crippen LogP contribution in [0.1, 0.15) is 29.8 Å². The van der Waals surface area contributed by atoms with Crippen LogP contribution in [0, 0.1) is 0 Å². The van der Waals surface area contributed by atoms with Crippen molar-refractivity contribution in [2.75, 3.05) is 11.9 Å². The van der Waals surface area contributed by atoms with E-state index in [1.54, 1.807) is 37.9 Å². The fourth-order valence-corrected chi connectivity index (χ4v) is 3.92. The summed E-state index contributed by atoms with van der Waals surface area (Å²) < 4.78 is 0. The third-order valence-electron chi connectivity index (χ3n) is 5.36. The standard InChI is InChI=1S/C27H29N3O2S/c1-27(2,26(32)30(3)22-17-11-6-12-18-22)29-25(33)23(19-20-13-7-4-8-14-20)28-24(31)21-15-9-5-10-16-21/h4-18,23H,19H2,1-3H3,(H,28,31)(H,29,33)/t23-/m0/s1. The lowest BCUT2D eigenvalue weighted by Gasteiger charge is -2.33. The first-order valence-corrected chi connectivity index (χ1v) is 11.2. The molecule has 3 rings (SSSR count). The van der Waals surface area contributed by atoms with Crippen LogP contribution < -0.4 is 15.5 Å². The van der Waals surface area contributed by atoms with Gasteiger partial charge in [0.1, 0.15) is 5.54 Å². The van der Waals surface area contributed by atoms with E-state index < -0.39 is 11.6 Å². The van der Waals surface area contributed by atoms with Gasteiger partial charge in [0.15, 0.2) is 0 Å². The van der Waals surface area contributed by atoms with Crippen molar-refractivity contribution in [2.45, 2.75) is 31.8 Å². The molecular weight excluding hydrogens is 430 g/mol. The van der Waals surface area contributed by atoms with Crippen LogP contribution in [-0.2, 0) is 11.2 Å². The van der Waals surface area contributed by atoms with Gasteiger partial charge in [-0.15, -0.1) is 0 Å². The Labute approximate surface area is 200 Å². The van der Waals surface area contributed by atoms with E-state index in [0.717, 1.165) is 11.3 Å². The average molecular weight is 460 g/mol. The van der Waals surface area contributed by atoms with Crippen molar-refractivity contribution in [3.05, 3.63) is 102 Å². The summed E-state index contributed by atoms with van der Waals surface area (Å²) in [6.07, 6.45) is 0.504. The van der Waals surface area contributed by atoms with Gasteiger partial charge in [-0.2, -0.15) is 0 Å². The number of thiocarbonyl (C=S) groups is 1. The molecule has 5 nitrogen and oxygen atoms in total. The van der Waals surface area contributed by atoms with Crippen molar-refractivity contribution >= 4 is 34.7 Å². The van der Waals surface area contributed by atoms with Crippen LogP contribution in [0.15, 0.2) is 91.0 Å². The molecule has 0 radical (unpaired) electrons. The molecule has 0 spiro atoms. The van der Waals surface area contributed by atoms with Crippen molar-refractivity contribution in [3.8, 4) is 0 Å². The molecule has 2 N–H and O–H groups in total. The Bertz CT molecular complexity index is 1090. The topological polar surface area (TPSA) is 61.4 Å². The third-order valence-corrected chi connectivity index (χ3v) is 5.75. The lowest BCUT2D eigenvalue weighted by atomic mass is 10.00. The SMILES string of the molecule is CN(C(=O)C(C)(C)NC(=S)[C@H](Cc1ccccc1)NC(=O)c1ccccc1)c1ccccc1. The lowest BCUT2D eigenvalue weighted by molar-refractivity contribution is -0.122. The molecule has 0 fully saturated rings. The van der Waals surface area contributed by atoms with Gasteiger partial charge >= 0.3 is 0 Å². The van der Waals surface area contributed by atoms with Crippen LogP contribution in [0.25, 0.3) is 0 Å². The second kappa shape index (κ2) is 10.9. The van der Waals surface area contributed by atoms with Crippen molar-refractivity contribution in [3.63, 3.8) is 0 Å². The van der Waals surface area contributed by atoms with E-state index in [2.05, 4.69) is 10.6 Å². The van der Waals surface area contributed by atoms with Gasteiger partial charge in [0.05, 0.1) is 11.0 Å². The van der Waals surface area contributed by atoms with Gasteiger partial charge in [-0.1, -0.05) is 78.9 Å². The number of hydrogen-bond donors (Lipinski definition) is 2. The minimum Gasteiger partial charge on any atom is -0.364 e. The summed E-state index contributed by atoms with van der Waals surface area (Å²) in [4.78, 5) is 28.1. The van der Waals surface area contributed by atoms with Gasteiger partial charge in [0, 0.05) is 18.3 Å².